The van der Waals surface area contributed by atoms with Gasteiger partial charge >= 0.3 is 6.18 Å². The summed E-state index contributed by atoms with van der Waals surface area (Å²) >= 11 is 0. The molecule has 5 rings (SSSR count). The second-order valence-electron chi connectivity index (χ2n) is 8.46. The lowest BCUT2D eigenvalue weighted by Crippen LogP contribution is -2.52. The van der Waals surface area contributed by atoms with Crippen LogP contribution in [0.4, 0.5) is 18.9 Å². The van der Waals surface area contributed by atoms with Gasteiger partial charge in [-0.2, -0.15) is 13.2 Å². The number of benzene rings is 3. The van der Waals surface area contributed by atoms with Crippen molar-refractivity contribution >= 4 is 33.4 Å². The lowest BCUT2D eigenvalue weighted by atomic mass is 10.1. The summed E-state index contributed by atoms with van der Waals surface area (Å²) in [5, 5.41) is 2.09. The number of halogens is 3. The van der Waals surface area contributed by atoms with Crippen LogP contribution in [0.3, 0.4) is 0 Å². The van der Waals surface area contributed by atoms with Crippen LogP contribution in [0.2, 0.25) is 0 Å². The second kappa shape index (κ2) is 8.23. The van der Waals surface area contributed by atoms with Crippen molar-refractivity contribution in [2.75, 3.05) is 31.1 Å². The summed E-state index contributed by atoms with van der Waals surface area (Å²) < 4.78 is 41.0. The highest BCUT2D eigenvalue weighted by Gasteiger charge is 2.32. The Hall–Kier alpha value is -3.32. The standard InChI is InChI=1S/C26H24F3N3O/c1-18(25(33)32-23-11-4-2-9-21(23)22-10-3-5-12-24(22)32)30-13-15-31(16-14-30)20-8-6-7-19(17-20)26(27,28)29/h2-12,17-18H,13-16H2,1H3/t18-/m1/s1. The van der Waals surface area contributed by atoms with Crippen molar-refractivity contribution in [3.8, 4) is 0 Å². The molecule has 0 bridgehead atoms. The molecule has 1 aliphatic heterocycles. The Bertz CT molecular complexity index is 1270. The van der Waals surface area contributed by atoms with E-state index in [1.165, 1.54) is 12.1 Å². The maximum absolute atomic E-state index is 13.6. The Morgan fingerprint density at radius 3 is 1.97 bits per heavy atom. The van der Waals surface area contributed by atoms with E-state index in [0.29, 0.717) is 31.9 Å². The minimum atomic E-state index is -4.36. The van der Waals surface area contributed by atoms with Crippen LogP contribution in [0.15, 0.2) is 72.8 Å². The van der Waals surface area contributed by atoms with Gasteiger partial charge in [-0.25, -0.2) is 0 Å². The normalized spacial score (nSPS) is 16.4. The molecule has 0 saturated carbocycles. The number of alkyl halides is 3. The molecule has 1 atom stereocenters. The topological polar surface area (TPSA) is 28.5 Å². The first-order valence-electron chi connectivity index (χ1n) is 11.0. The van der Waals surface area contributed by atoms with Crippen molar-refractivity contribution in [1.82, 2.24) is 9.47 Å². The zero-order valence-electron chi connectivity index (χ0n) is 18.2. The molecule has 1 fully saturated rings. The van der Waals surface area contributed by atoms with Gasteiger partial charge in [0, 0.05) is 42.6 Å². The van der Waals surface area contributed by atoms with Crippen LogP contribution in [0, 0.1) is 0 Å². The molecule has 0 amide bonds. The summed E-state index contributed by atoms with van der Waals surface area (Å²) in [6.45, 7) is 4.23. The molecule has 7 heteroatoms. The summed E-state index contributed by atoms with van der Waals surface area (Å²) in [5.74, 6) is -0.0000752. The highest BCUT2D eigenvalue weighted by molar-refractivity contribution is 6.13. The van der Waals surface area contributed by atoms with Gasteiger partial charge in [-0.1, -0.05) is 42.5 Å². The number of nitrogens with zero attached hydrogens (tertiary/aromatic N) is 3. The lowest BCUT2D eigenvalue weighted by molar-refractivity contribution is -0.137. The number of hydrogen-bond acceptors (Lipinski definition) is 3. The van der Waals surface area contributed by atoms with E-state index in [2.05, 4.69) is 4.90 Å². The summed E-state index contributed by atoms with van der Waals surface area (Å²) in [4.78, 5) is 17.7. The van der Waals surface area contributed by atoms with Gasteiger partial charge in [0.15, 0.2) is 0 Å². The molecule has 0 aliphatic carbocycles. The molecule has 33 heavy (non-hydrogen) atoms. The van der Waals surface area contributed by atoms with Crippen LogP contribution in [0.25, 0.3) is 21.8 Å². The molecule has 0 N–H and O–H groups in total. The monoisotopic (exact) mass is 451 g/mol. The Morgan fingerprint density at radius 2 is 1.39 bits per heavy atom. The van der Waals surface area contributed by atoms with Crippen molar-refractivity contribution in [3.05, 3.63) is 78.4 Å². The van der Waals surface area contributed by atoms with Crippen molar-refractivity contribution in [2.24, 2.45) is 0 Å². The predicted octanol–water partition coefficient (Wildman–Crippen LogP) is 5.66. The van der Waals surface area contributed by atoms with E-state index < -0.39 is 11.7 Å². The van der Waals surface area contributed by atoms with Crippen LogP contribution in [-0.4, -0.2) is 47.6 Å². The van der Waals surface area contributed by atoms with Gasteiger partial charge in [-0.3, -0.25) is 14.3 Å². The molecule has 4 aromatic rings. The Morgan fingerprint density at radius 1 is 0.818 bits per heavy atom. The number of carbonyl (C=O) groups is 1. The van der Waals surface area contributed by atoms with Crippen molar-refractivity contribution in [1.29, 1.82) is 0 Å². The highest BCUT2D eigenvalue weighted by Crippen LogP contribution is 2.32. The van der Waals surface area contributed by atoms with E-state index >= 15 is 0 Å². The number of aromatic nitrogens is 1. The molecule has 1 saturated heterocycles. The molecule has 170 valence electrons. The number of rotatable bonds is 3. The van der Waals surface area contributed by atoms with E-state index in [1.54, 1.807) is 10.6 Å². The molecule has 1 aliphatic rings. The first-order chi connectivity index (χ1) is 15.8. The summed E-state index contributed by atoms with van der Waals surface area (Å²) in [7, 11) is 0. The number of fused-ring (bicyclic) bond motifs is 3. The largest absolute Gasteiger partial charge is 0.416 e. The van der Waals surface area contributed by atoms with Crippen LogP contribution in [0.5, 0.6) is 0 Å². The third-order valence-electron chi connectivity index (χ3n) is 6.56. The summed E-state index contributed by atoms with van der Waals surface area (Å²) in [5.41, 5.74) is 1.69. The average Bonchev–Trinajstić information content (AvgIpc) is 3.17. The number of piperazine rings is 1. The van der Waals surface area contributed by atoms with Crippen molar-refractivity contribution in [3.63, 3.8) is 0 Å². The first-order valence-corrected chi connectivity index (χ1v) is 11.0. The zero-order chi connectivity index (χ0) is 23.2. The number of anilines is 1. The van der Waals surface area contributed by atoms with Crippen molar-refractivity contribution < 1.29 is 18.0 Å². The minimum absolute atomic E-state index is 0.0000752. The molecule has 1 aromatic heterocycles. The Balaban J connectivity index is 1.36. The van der Waals surface area contributed by atoms with E-state index in [-0.39, 0.29) is 11.9 Å². The third-order valence-corrected chi connectivity index (χ3v) is 6.56. The smallest absolute Gasteiger partial charge is 0.369 e. The summed E-state index contributed by atoms with van der Waals surface area (Å²) in [6.07, 6.45) is -4.36. The average molecular weight is 451 g/mol. The lowest BCUT2D eigenvalue weighted by Gasteiger charge is -2.38. The molecule has 4 nitrogen and oxygen atoms in total. The van der Waals surface area contributed by atoms with E-state index in [4.69, 9.17) is 0 Å². The van der Waals surface area contributed by atoms with E-state index in [0.717, 1.165) is 27.9 Å². The second-order valence-corrected chi connectivity index (χ2v) is 8.46. The Kier molecular flexibility index (Phi) is 5.37. The quantitative estimate of drug-likeness (QED) is 0.402. The first kappa shape index (κ1) is 21.5. The molecular weight excluding hydrogens is 427 g/mol. The highest BCUT2D eigenvalue weighted by atomic mass is 19.4. The van der Waals surface area contributed by atoms with Crippen molar-refractivity contribution in [2.45, 2.75) is 19.1 Å². The number of para-hydroxylation sites is 2. The van der Waals surface area contributed by atoms with Gasteiger partial charge in [0.05, 0.1) is 22.6 Å². The number of hydrogen-bond donors (Lipinski definition) is 0. The fourth-order valence-electron chi connectivity index (χ4n) is 4.75. The van der Waals surface area contributed by atoms with Gasteiger partial charge in [0.1, 0.15) is 0 Å². The molecule has 0 unspecified atom stereocenters. The van der Waals surface area contributed by atoms with E-state index in [9.17, 15) is 18.0 Å². The van der Waals surface area contributed by atoms with Crippen LogP contribution in [-0.2, 0) is 6.18 Å². The molecule has 0 radical (unpaired) electrons. The van der Waals surface area contributed by atoms with Crippen LogP contribution < -0.4 is 4.90 Å². The maximum atomic E-state index is 13.6. The fraction of sp³-hybridized carbons (Fsp3) is 0.269. The third kappa shape index (κ3) is 3.86. The SMILES string of the molecule is C[C@H](C(=O)n1c2ccccc2c2ccccc21)N1CCN(c2cccc(C(F)(F)F)c2)CC1. The van der Waals surface area contributed by atoms with Crippen LogP contribution in [0.1, 0.15) is 17.3 Å². The number of carbonyl (C=O) groups excluding carboxylic acids is 1. The van der Waals surface area contributed by atoms with Gasteiger partial charge in [0.25, 0.3) is 0 Å². The zero-order valence-corrected chi connectivity index (χ0v) is 18.2. The molecule has 0 spiro atoms. The minimum Gasteiger partial charge on any atom is -0.369 e. The van der Waals surface area contributed by atoms with Gasteiger partial charge < -0.3 is 4.90 Å². The predicted molar refractivity (Wildman–Crippen MR) is 125 cm³/mol. The van der Waals surface area contributed by atoms with Gasteiger partial charge in [-0.15, -0.1) is 0 Å². The summed E-state index contributed by atoms with van der Waals surface area (Å²) in [6, 6.07) is 20.9. The van der Waals surface area contributed by atoms with Crippen LogP contribution >= 0.6 is 0 Å². The Labute approximate surface area is 189 Å². The van der Waals surface area contributed by atoms with Gasteiger partial charge in [-0.05, 0) is 37.3 Å². The van der Waals surface area contributed by atoms with Gasteiger partial charge in [0.2, 0.25) is 5.91 Å². The maximum Gasteiger partial charge on any atom is 0.416 e. The molecular formula is C26H24F3N3O. The molecule has 3 aromatic carbocycles. The van der Waals surface area contributed by atoms with E-state index in [1.807, 2.05) is 60.4 Å². The molecule has 2 heterocycles. The fourth-order valence-corrected chi connectivity index (χ4v) is 4.75.